The van der Waals surface area contributed by atoms with Gasteiger partial charge in [-0.1, -0.05) is 17.7 Å². The number of benzene rings is 1. The van der Waals surface area contributed by atoms with Crippen LogP contribution in [-0.2, 0) is 0 Å². The van der Waals surface area contributed by atoms with Crippen molar-refractivity contribution in [3.63, 3.8) is 0 Å². The van der Waals surface area contributed by atoms with Crippen molar-refractivity contribution < 1.29 is 4.92 Å². The van der Waals surface area contributed by atoms with Gasteiger partial charge in [-0.3, -0.25) is 10.1 Å². The second-order valence-corrected chi connectivity index (χ2v) is 4.57. The van der Waals surface area contributed by atoms with Crippen molar-refractivity contribution in [1.29, 1.82) is 0 Å². The third-order valence-corrected chi connectivity index (χ3v) is 3.17. The zero-order valence-electron chi connectivity index (χ0n) is 11.0. The van der Waals surface area contributed by atoms with Gasteiger partial charge in [0.05, 0.1) is 4.92 Å². The summed E-state index contributed by atoms with van der Waals surface area (Å²) in [7, 11) is 1.70. The van der Waals surface area contributed by atoms with Crippen LogP contribution in [-0.4, -0.2) is 17.0 Å². The van der Waals surface area contributed by atoms with E-state index in [4.69, 9.17) is 11.6 Å². The lowest BCUT2D eigenvalue weighted by Crippen LogP contribution is -2.02. The van der Waals surface area contributed by atoms with Crippen LogP contribution in [0.5, 0.6) is 0 Å². The van der Waals surface area contributed by atoms with E-state index in [1.807, 2.05) is 13.0 Å². The lowest BCUT2D eigenvalue weighted by atomic mass is 10.2. The van der Waals surface area contributed by atoms with Gasteiger partial charge in [0.25, 0.3) is 0 Å². The molecule has 1 heterocycles. The molecular formula is C13H13ClN4O2. The highest BCUT2D eigenvalue weighted by Crippen LogP contribution is 2.28. The molecule has 0 amide bonds. The number of pyridine rings is 1. The van der Waals surface area contributed by atoms with Gasteiger partial charge in [-0.2, -0.15) is 0 Å². The molecule has 2 rings (SSSR count). The minimum atomic E-state index is -0.482. The molecule has 0 aliphatic heterocycles. The Balaban J connectivity index is 2.40. The van der Waals surface area contributed by atoms with Crippen LogP contribution in [0.1, 0.15) is 5.56 Å². The Morgan fingerprint density at radius 3 is 2.65 bits per heavy atom. The van der Waals surface area contributed by atoms with E-state index in [0.717, 1.165) is 5.56 Å². The van der Waals surface area contributed by atoms with E-state index in [2.05, 4.69) is 15.6 Å². The van der Waals surface area contributed by atoms with E-state index in [-0.39, 0.29) is 11.5 Å². The molecule has 7 heteroatoms. The van der Waals surface area contributed by atoms with E-state index >= 15 is 0 Å². The SMILES string of the molecule is CNc1ccc([N+](=O)[O-])c(Nc2ccc(C)c(Cl)c2)n1. The molecular weight excluding hydrogens is 280 g/mol. The van der Waals surface area contributed by atoms with Gasteiger partial charge < -0.3 is 10.6 Å². The van der Waals surface area contributed by atoms with Gasteiger partial charge in [0.1, 0.15) is 5.82 Å². The molecule has 1 aromatic carbocycles. The summed E-state index contributed by atoms with van der Waals surface area (Å²) in [5, 5.41) is 17.4. The van der Waals surface area contributed by atoms with Gasteiger partial charge >= 0.3 is 5.69 Å². The summed E-state index contributed by atoms with van der Waals surface area (Å²) < 4.78 is 0. The number of halogens is 1. The van der Waals surface area contributed by atoms with Crippen LogP contribution in [0.3, 0.4) is 0 Å². The Morgan fingerprint density at radius 2 is 2.05 bits per heavy atom. The number of anilines is 3. The van der Waals surface area contributed by atoms with E-state index in [1.165, 1.54) is 6.07 Å². The third-order valence-electron chi connectivity index (χ3n) is 2.76. The molecule has 0 fully saturated rings. The predicted octanol–water partition coefficient (Wildman–Crippen LogP) is 3.74. The molecule has 104 valence electrons. The van der Waals surface area contributed by atoms with Crippen LogP contribution < -0.4 is 10.6 Å². The van der Waals surface area contributed by atoms with Gasteiger partial charge in [-0.25, -0.2) is 4.98 Å². The van der Waals surface area contributed by atoms with E-state index in [9.17, 15) is 10.1 Å². The molecule has 20 heavy (non-hydrogen) atoms. The maximum atomic E-state index is 11.0. The standard InChI is InChI=1S/C13H13ClN4O2/c1-8-3-4-9(7-10(8)14)16-13-11(18(19)20)5-6-12(15-2)17-13/h3-7H,1-2H3,(H2,15,16,17). The van der Waals surface area contributed by atoms with Crippen LogP contribution in [0.25, 0.3) is 0 Å². The molecule has 0 spiro atoms. The van der Waals surface area contributed by atoms with E-state index < -0.39 is 4.92 Å². The summed E-state index contributed by atoms with van der Waals surface area (Å²) in [6, 6.07) is 8.27. The molecule has 1 aromatic heterocycles. The lowest BCUT2D eigenvalue weighted by Gasteiger charge is -2.09. The fourth-order valence-corrected chi connectivity index (χ4v) is 1.82. The Kier molecular flexibility index (Phi) is 4.05. The van der Waals surface area contributed by atoms with Gasteiger partial charge in [0.15, 0.2) is 0 Å². The van der Waals surface area contributed by atoms with Crippen molar-refractivity contribution in [1.82, 2.24) is 4.98 Å². The first-order valence-corrected chi connectivity index (χ1v) is 6.25. The second kappa shape index (κ2) is 5.75. The zero-order valence-corrected chi connectivity index (χ0v) is 11.7. The maximum absolute atomic E-state index is 11.0. The fourth-order valence-electron chi connectivity index (χ4n) is 1.64. The molecule has 0 atom stereocenters. The van der Waals surface area contributed by atoms with Crippen molar-refractivity contribution in [2.45, 2.75) is 6.92 Å². The van der Waals surface area contributed by atoms with Crippen molar-refractivity contribution in [2.75, 3.05) is 17.7 Å². The van der Waals surface area contributed by atoms with E-state index in [1.54, 1.807) is 25.2 Å². The minimum Gasteiger partial charge on any atom is -0.373 e. The number of nitro groups is 1. The molecule has 2 aromatic rings. The molecule has 0 aliphatic rings. The van der Waals surface area contributed by atoms with Crippen LogP contribution in [0.4, 0.5) is 23.0 Å². The van der Waals surface area contributed by atoms with Crippen LogP contribution in [0.2, 0.25) is 5.02 Å². The number of rotatable bonds is 4. The van der Waals surface area contributed by atoms with Crippen molar-refractivity contribution in [3.05, 3.63) is 51.0 Å². The first-order chi connectivity index (χ1) is 9.51. The number of hydrogen-bond donors (Lipinski definition) is 2. The third kappa shape index (κ3) is 2.97. The summed E-state index contributed by atoms with van der Waals surface area (Å²) >= 11 is 6.03. The summed E-state index contributed by atoms with van der Waals surface area (Å²) in [6.45, 7) is 1.88. The van der Waals surface area contributed by atoms with Gasteiger partial charge in [0.2, 0.25) is 5.82 Å². The summed E-state index contributed by atoms with van der Waals surface area (Å²) in [5.41, 5.74) is 1.48. The minimum absolute atomic E-state index is 0.0966. The van der Waals surface area contributed by atoms with Gasteiger partial charge in [0, 0.05) is 23.8 Å². The summed E-state index contributed by atoms with van der Waals surface area (Å²) in [4.78, 5) is 14.7. The summed E-state index contributed by atoms with van der Waals surface area (Å²) in [6.07, 6.45) is 0. The zero-order chi connectivity index (χ0) is 14.7. The van der Waals surface area contributed by atoms with Crippen molar-refractivity contribution in [3.8, 4) is 0 Å². The molecule has 0 bridgehead atoms. The summed E-state index contributed by atoms with van der Waals surface area (Å²) in [5.74, 6) is 0.707. The lowest BCUT2D eigenvalue weighted by molar-refractivity contribution is -0.384. The Hall–Kier alpha value is -2.34. The Labute approximate surface area is 120 Å². The molecule has 0 saturated heterocycles. The molecule has 0 saturated carbocycles. The van der Waals surface area contributed by atoms with Crippen LogP contribution in [0.15, 0.2) is 30.3 Å². The smallest absolute Gasteiger partial charge is 0.311 e. The average Bonchev–Trinajstić information content (AvgIpc) is 2.42. The highest BCUT2D eigenvalue weighted by molar-refractivity contribution is 6.31. The first kappa shape index (κ1) is 14.1. The number of aryl methyl sites for hydroxylation is 1. The Morgan fingerprint density at radius 1 is 1.30 bits per heavy atom. The quantitative estimate of drug-likeness (QED) is 0.663. The van der Waals surface area contributed by atoms with Crippen LogP contribution >= 0.6 is 11.6 Å². The highest BCUT2D eigenvalue weighted by Gasteiger charge is 2.16. The molecule has 0 radical (unpaired) electrons. The normalized spacial score (nSPS) is 10.2. The van der Waals surface area contributed by atoms with Crippen molar-refractivity contribution >= 4 is 34.6 Å². The highest BCUT2D eigenvalue weighted by atomic mass is 35.5. The van der Waals surface area contributed by atoms with Gasteiger partial charge in [-0.05, 0) is 30.7 Å². The molecule has 0 aliphatic carbocycles. The number of nitrogens with zero attached hydrogens (tertiary/aromatic N) is 2. The Bertz CT molecular complexity index is 661. The number of nitrogens with one attached hydrogen (secondary N) is 2. The maximum Gasteiger partial charge on any atom is 0.311 e. The molecule has 6 nitrogen and oxygen atoms in total. The average molecular weight is 293 g/mol. The monoisotopic (exact) mass is 292 g/mol. The number of hydrogen-bond acceptors (Lipinski definition) is 5. The second-order valence-electron chi connectivity index (χ2n) is 4.16. The topological polar surface area (TPSA) is 80.1 Å². The van der Waals surface area contributed by atoms with Gasteiger partial charge in [-0.15, -0.1) is 0 Å². The van der Waals surface area contributed by atoms with E-state index in [0.29, 0.717) is 16.5 Å². The number of aromatic nitrogens is 1. The first-order valence-electron chi connectivity index (χ1n) is 5.87. The van der Waals surface area contributed by atoms with Crippen LogP contribution in [0, 0.1) is 17.0 Å². The van der Waals surface area contributed by atoms with Crippen molar-refractivity contribution in [2.24, 2.45) is 0 Å². The molecule has 0 unspecified atom stereocenters. The molecule has 2 N–H and O–H groups in total. The predicted molar refractivity (Wildman–Crippen MR) is 79.9 cm³/mol. The largest absolute Gasteiger partial charge is 0.373 e. The fraction of sp³-hybridized carbons (Fsp3) is 0.154.